The topological polar surface area (TPSA) is 67.4 Å². The quantitative estimate of drug-likeness (QED) is 0.824. The molecule has 1 aliphatic carbocycles. The van der Waals surface area contributed by atoms with Gasteiger partial charge in [0.2, 0.25) is 0 Å². The van der Waals surface area contributed by atoms with Gasteiger partial charge in [-0.05, 0) is 43.1 Å². The van der Waals surface area contributed by atoms with Crippen LogP contribution in [0.4, 0.5) is 0 Å². The fourth-order valence-corrected chi connectivity index (χ4v) is 3.46. The number of amides is 2. The molecule has 5 nitrogen and oxygen atoms in total. The van der Waals surface area contributed by atoms with Crippen LogP contribution in [0, 0.1) is 11.3 Å². The summed E-state index contributed by atoms with van der Waals surface area (Å²) < 4.78 is 5.25. The maximum Gasteiger partial charge on any atom is 0.309 e. The predicted molar refractivity (Wildman–Crippen MR) is 98.2 cm³/mol. The third-order valence-corrected chi connectivity index (χ3v) is 5.13. The van der Waals surface area contributed by atoms with Crippen molar-refractivity contribution >= 4 is 11.8 Å². The second kappa shape index (κ2) is 8.37. The molecule has 2 amide bonds. The number of para-hydroxylation sites is 1. The summed E-state index contributed by atoms with van der Waals surface area (Å²) in [6, 6.07) is 7.53. The molecule has 0 radical (unpaired) electrons. The Labute approximate surface area is 150 Å². The van der Waals surface area contributed by atoms with E-state index in [-0.39, 0.29) is 12.6 Å². The van der Waals surface area contributed by atoms with E-state index in [1.807, 2.05) is 24.3 Å². The summed E-state index contributed by atoms with van der Waals surface area (Å²) in [5.74, 6) is 0.238. The van der Waals surface area contributed by atoms with Gasteiger partial charge in [0.15, 0.2) is 0 Å². The number of nitrogens with one attached hydrogen (secondary N) is 2. The maximum absolute atomic E-state index is 12.1. The molecule has 1 aromatic carbocycles. The fraction of sp³-hybridized carbons (Fsp3) is 0.600. The first-order valence-electron chi connectivity index (χ1n) is 9.02. The molecule has 0 aromatic heterocycles. The highest BCUT2D eigenvalue weighted by Crippen LogP contribution is 2.37. The van der Waals surface area contributed by atoms with Crippen LogP contribution in [-0.2, 0) is 16.1 Å². The van der Waals surface area contributed by atoms with Gasteiger partial charge in [0, 0.05) is 18.2 Å². The van der Waals surface area contributed by atoms with Crippen molar-refractivity contribution < 1.29 is 14.3 Å². The van der Waals surface area contributed by atoms with Crippen LogP contribution in [0.25, 0.3) is 0 Å². The van der Waals surface area contributed by atoms with Crippen molar-refractivity contribution in [1.82, 2.24) is 10.6 Å². The second-order valence-electron chi connectivity index (χ2n) is 7.88. The average Bonchev–Trinajstić information content (AvgIpc) is 2.59. The molecule has 2 rings (SSSR count). The normalized spacial score (nSPS) is 20.6. The SMILES string of the molecule is COc1ccccc1CNC(=O)C(=O)NC1CCC(C(C)(C)C)CC1. The van der Waals surface area contributed by atoms with E-state index in [0.717, 1.165) is 31.2 Å². The Morgan fingerprint density at radius 2 is 1.72 bits per heavy atom. The number of hydrogen-bond donors (Lipinski definition) is 2. The Morgan fingerprint density at radius 1 is 1.08 bits per heavy atom. The Bertz CT molecular complexity index is 599. The molecule has 0 aliphatic heterocycles. The summed E-state index contributed by atoms with van der Waals surface area (Å²) in [6.07, 6.45) is 4.06. The zero-order valence-electron chi connectivity index (χ0n) is 15.7. The van der Waals surface area contributed by atoms with Crippen LogP contribution in [0.15, 0.2) is 24.3 Å². The standard InChI is InChI=1S/C20H30N2O3/c1-20(2,3)15-9-11-16(12-10-15)22-19(24)18(23)21-13-14-7-5-6-8-17(14)25-4/h5-8,15-16H,9-13H2,1-4H3,(H,21,23)(H,22,24). The van der Waals surface area contributed by atoms with Crippen molar-refractivity contribution in [2.45, 2.75) is 59.0 Å². The van der Waals surface area contributed by atoms with E-state index >= 15 is 0 Å². The van der Waals surface area contributed by atoms with Crippen LogP contribution < -0.4 is 15.4 Å². The summed E-state index contributed by atoms with van der Waals surface area (Å²) >= 11 is 0. The molecule has 1 aliphatic rings. The van der Waals surface area contributed by atoms with Crippen LogP contribution in [0.2, 0.25) is 0 Å². The summed E-state index contributed by atoms with van der Waals surface area (Å²) in [7, 11) is 1.58. The first-order chi connectivity index (χ1) is 11.8. The maximum atomic E-state index is 12.1. The predicted octanol–water partition coefficient (Wildman–Crippen LogP) is 3.03. The van der Waals surface area contributed by atoms with Crippen molar-refractivity contribution in [2.24, 2.45) is 11.3 Å². The van der Waals surface area contributed by atoms with Crippen LogP contribution >= 0.6 is 0 Å². The summed E-state index contributed by atoms with van der Waals surface area (Å²) in [5, 5.41) is 5.54. The number of methoxy groups -OCH3 is 1. The van der Waals surface area contributed by atoms with E-state index in [1.165, 1.54) is 0 Å². The van der Waals surface area contributed by atoms with E-state index in [4.69, 9.17) is 4.74 Å². The lowest BCUT2D eigenvalue weighted by Crippen LogP contribution is -2.46. The number of ether oxygens (including phenoxy) is 1. The minimum atomic E-state index is -0.594. The third kappa shape index (κ3) is 5.48. The van der Waals surface area contributed by atoms with Gasteiger partial charge in [0.25, 0.3) is 0 Å². The van der Waals surface area contributed by atoms with Gasteiger partial charge in [-0.3, -0.25) is 9.59 Å². The van der Waals surface area contributed by atoms with Gasteiger partial charge in [0.1, 0.15) is 5.75 Å². The van der Waals surface area contributed by atoms with Crippen LogP contribution in [0.5, 0.6) is 5.75 Å². The molecular formula is C20H30N2O3. The van der Waals surface area contributed by atoms with Gasteiger partial charge in [-0.15, -0.1) is 0 Å². The van der Waals surface area contributed by atoms with Gasteiger partial charge >= 0.3 is 11.8 Å². The highest BCUT2D eigenvalue weighted by Gasteiger charge is 2.30. The Morgan fingerprint density at radius 3 is 2.32 bits per heavy atom. The van der Waals surface area contributed by atoms with Crippen LogP contribution in [-0.4, -0.2) is 25.0 Å². The highest BCUT2D eigenvalue weighted by molar-refractivity contribution is 6.35. The van der Waals surface area contributed by atoms with E-state index < -0.39 is 11.8 Å². The molecule has 1 aromatic rings. The zero-order valence-corrected chi connectivity index (χ0v) is 15.7. The lowest BCUT2D eigenvalue weighted by Gasteiger charge is -2.37. The summed E-state index contributed by atoms with van der Waals surface area (Å²) in [5.41, 5.74) is 1.15. The van der Waals surface area contributed by atoms with Crippen molar-refractivity contribution in [3.05, 3.63) is 29.8 Å². The molecule has 0 atom stereocenters. The van der Waals surface area contributed by atoms with Gasteiger partial charge in [-0.25, -0.2) is 0 Å². The molecular weight excluding hydrogens is 316 g/mol. The van der Waals surface area contributed by atoms with E-state index in [9.17, 15) is 9.59 Å². The molecule has 0 heterocycles. The smallest absolute Gasteiger partial charge is 0.309 e. The largest absolute Gasteiger partial charge is 0.496 e. The molecule has 0 unspecified atom stereocenters. The van der Waals surface area contributed by atoms with Gasteiger partial charge < -0.3 is 15.4 Å². The summed E-state index contributed by atoms with van der Waals surface area (Å²) in [6.45, 7) is 7.07. The van der Waals surface area contributed by atoms with E-state index in [1.54, 1.807) is 7.11 Å². The third-order valence-electron chi connectivity index (χ3n) is 5.13. The first kappa shape index (κ1) is 19.3. The highest BCUT2D eigenvalue weighted by atomic mass is 16.5. The molecule has 1 fully saturated rings. The molecule has 25 heavy (non-hydrogen) atoms. The van der Waals surface area contributed by atoms with E-state index in [0.29, 0.717) is 17.1 Å². The molecule has 138 valence electrons. The lowest BCUT2D eigenvalue weighted by atomic mass is 9.71. The molecule has 0 saturated heterocycles. The molecule has 0 spiro atoms. The van der Waals surface area contributed by atoms with Gasteiger partial charge in [0.05, 0.1) is 7.11 Å². The first-order valence-corrected chi connectivity index (χ1v) is 9.02. The average molecular weight is 346 g/mol. The van der Waals surface area contributed by atoms with Crippen molar-refractivity contribution in [3.8, 4) is 5.75 Å². The lowest BCUT2D eigenvalue weighted by molar-refractivity contribution is -0.139. The Balaban J connectivity index is 1.78. The fourth-order valence-electron chi connectivity index (χ4n) is 3.46. The van der Waals surface area contributed by atoms with Gasteiger partial charge in [-0.2, -0.15) is 0 Å². The number of benzene rings is 1. The Kier molecular flexibility index (Phi) is 6.45. The molecule has 5 heteroatoms. The van der Waals surface area contributed by atoms with Crippen molar-refractivity contribution in [3.63, 3.8) is 0 Å². The number of carbonyl (C=O) groups is 2. The molecule has 2 N–H and O–H groups in total. The van der Waals surface area contributed by atoms with Crippen molar-refractivity contribution in [1.29, 1.82) is 0 Å². The van der Waals surface area contributed by atoms with Crippen LogP contribution in [0.3, 0.4) is 0 Å². The minimum Gasteiger partial charge on any atom is -0.496 e. The number of rotatable bonds is 4. The van der Waals surface area contributed by atoms with Gasteiger partial charge in [-0.1, -0.05) is 39.0 Å². The zero-order chi connectivity index (χ0) is 18.4. The second-order valence-corrected chi connectivity index (χ2v) is 7.88. The monoisotopic (exact) mass is 346 g/mol. The van der Waals surface area contributed by atoms with Crippen LogP contribution in [0.1, 0.15) is 52.0 Å². The molecule has 0 bridgehead atoms. The summed E-state index contributed by atoms with van der Waals surface area (Å²) in [4.78, 5) is 24.2. The number of carbonyl (C=O) groups excluding carboxylic acids is 2. The number of hydrogen-bond acceptors (Lipinski definition) is 3. The minimum absolute atomic E-state index is 0.100. The molecule has 1 saturated carbocycles. The van der Waals surface area contributed by atoms with Crippen molar-refractivity contribution in [2.75, 3.05) is 7.11 Å². The Hall–Kier alpha value is -2.04. The van der Waals surface area contributed by atoms with E-state index in [2.05, 4.69) is 31.4 Å².